The first-order valence-electron chi connectivity index (χ1n) is 9.96. The summed E-state index contributed by atoms with van der Waals surface area (Å²) in [6.07, 6.45) is 9.25. The average molecular weight is 392 g/mol. The Hall–Kier alpha value is -3.59. The van der Waals surface area contributed by atoms with Crippen molar-refractivity contribution in [3.8, 4) is 0 Å². The molecule has 30 heavy (non-hydrogen) atoms. The van der Waals surface area contributed by atoms with E-state index in [1.165, 1.54) is 27.5 Å². The molecule has 0 fully saturated rings. The lowest BCUT2D eigenvalue weighted by molar-refractivity contribution is 0.935. The molecule has 6 rings (SSSR count). The molecule has 3 heteroatoms. The van der Waals surface area contributed by atoms with Gasteiger partial charge in [0, 0.05) is 23.1 Å². The minimum atomic E-state index is 0. The van der Waals surface area contributed by atoms with Crippen molar-refractivity contribution < 1.29 is 0 Å². The summed E-state index contributed by atoms with van der Waals surface area (Å²) in [5.41, 5.74) is 6.92. The van der Waals surface area contributed by atoms with Gasteiger partial charge in [0.15, 0.2) is 0 Å². The fourth-order valence-corrected chi connectivity index (χ4v) is 4.23. The third-order valence-corrected chi connectivity index (χ3v) is 5.61. The number of hydrogen-bond acceptors (Lipinski definition) is 3. The Balaban J connectivity index is 0.000000168. The van der Waals surface area contributed by atoms with Crippen LogP contribution in [0.15, 0.2) is 90.7 Å². The van der Waals surface area contributed by atoms with Crippen LogP contribution in [0.3, 0.4) is 0 Å². The normalized spacial score (nSPS) is 14.5. The van der Waals surface area contributed by atoms with Crippen LogP contribution in [-0.2, 0) is 0 Å². The van der Waals surface area contributed by atoms with Crippen molar-refractivity contribution in [2.45, 2.75) is 26.7 Å². The van der Waals surface area contributed by atoms with Gasteiger partial charge in [-0.2, -0.15) is 10.2 Å². The number of rotatable bonds is 0. The van der Waals surface area contributed by atoms with Gasteiger partial charge >= 0.3 is 0 Å². The van der Waals surface area contributed by atoms with Crippen LogP contribution in [0.5, 0.6) is 0 Å². The summed E-state index contributed by atoms with van der Waals surface area (Å²) in [4.78, 5) is 0. The monoisotopic (exact) mass is 391 g/mol. The van der Waals surface area contributed by atoms with Crippen LogP contribution >= 0.6 is 0 Å². The third-order valence-electron chi connectivity index (χ3n) is 5.61. The molecule has 148 valence electrons. The van der Waals surface area contributed by atoms with E-state index in [1.807, 2.05) is 30.3 Å². The number of fused-ring (bicyclic) bond motifs is 5. The number of nitrogens with zero attached hydrogens (tertiary/aromatic N) is 2. The van der Waals surface area contributed by atoms with Gasteiger partial charge in [0.25, 0.3) is 0 Å². The highest BCUT2D eigenvalue weighted by molar-refractivity contribution is 6.17. The van der Waals surface area contributed by atoms with Gasteiger partial charge in [0.2, 0.25) is 0 Å². The number of hydrogen-bond donors (Lipinski definition) is 1. The van der Waals surface area contributed by atoms with E-state index in [0.717, 1.165) is 41.4 Å². The molecule has 0 bridgehead atoms. The van der Waals surface area contributed by atoms with Crippen molar-refractivity contribution in [1.29, 1.82) is 5.41 Å². The minimum absolute atomic E-state index is 0. The predicted molar refractivity (Wildman–Crippen MR) is 127 cm³/mol. The standard InChI is InChI=1S/C18H15N.C8H6N2.CH4/c19-17-11-13-6-2-3-7-14(13)16-10-9-12-5-1-4-8-15(12)18(16)17;1-2-4-8-7(3-1)5-6-9-10-8;/h1,3-5,7-10,19H,2,6,11H2;1-6H;1H4. The fourth-order valence-electron chi connectivity index (χ4n) is 4.23. The summed E-state index contributed by atoms with van der Waals surface area (Å²) in [7, 11) is 0. The molecule has 0 unspecified atom stereocenters. The molecule has 2 aliphatic carbocycles. The van der Waals surface area contributed by atoms with Crippen LogP contribution in [0, 0.1) is 5.41 Å². The Labute approximate surface area is 177 Å². The molecule has 0 atom stereocenters. The van der Waals surface area contributed by atoms with Gasteiger partial charge in [0.05, 0.1) is 11.7 Å². The summed E-state index contributed by atoms with van der Waals surface area (Å²) in [6, 6.07) is 22.6. The Morgan fingerprint density at radius 1 is 0.833 bits per heavy atom. The van der Waals surface area contributed by atoms with Crippen molar-refractivity contribution in [3.63, 3.8) is 0 Å². The Morgan fingerprint density at radius 3 is 2.50 bits per heavy atom. The molecule has 0 aliphatic heterocycles. The summed E-state index contributed by atoms with van der Waals surface area (Å²) in [5, 5.41) is 19.7. The smallest absolute Gasteiger partial charge is 0.0929 e. The van der Waals surface area contributed by atoms with E-state index in [0.29, 0.717) is 0 Å². The van der Waals surface area contributed by atoms with Crippen LogP contribution in [0.1, 0.15) is 37.8 Å². The number of nitrogens with one attached hydrogen (secondary N) is 1. The maximum Gasteiger partial charge on any atom is 0.0929 e. The van der Waals surface area contributed by atoms with Crippen LogP contribution in [0.25, 0.3) is 27.2 Å². The molecule has 0 radical (unpaired) electrons. The van der Waals surface area contributed by atoms with E-state index in [4.69, 9.17) is 5.41 Å². The van der Waals surface area contributed by atoms with Gasteiger partial charge < -0.3 is 5.41 Å². The highest BCUT2D eigenvalue weighted by atomic mass is 15.1. The van der Waals surface area contributed by atoms with Crippen LogP contribution in [0.2, 0.25) is 0 Å². The zero-order valence-corrected chi connectivity index (χ0v) is 16.1. The zero-order valence-electron chi connectivity index (χ0n) is 16.1. The van der Waals surface area contributed by atoms with E-state index in [1.54, 1.807) is 6.20 Å². The Bertz CT molecular complexity index is 1230. The maximum absolute atomic E-state index is 8.42. The summed E-state index contributed by atoms with van der Waals surface area (Å²) in [6.45, 7) is 0. The number of allylic oxidation sites excluding steroid dienone is 4. The van der Waals surface area contributed by atoms with Crippen molar-refractivity contribution in [2.75, 3.05) is 0 Å². The summed E-state index contributed by atoms with van der Waals surface area (Å²) in [5.74, 6) is 0. The largest absolute Gasteiger partial charge is 0.304 e. The Kier molecular flexibility index (Phi) is 5.53. The molecule has 4 aromatic rings. The second kappa shape index (κ2) is 8.42. The lowest BCUT2D eigenvalue weighted by atomic mass is 9.78. The van der Waals surface area contributed by atoms with E-state index in [-0.39, 0.29) is 7.43 Å². The zero-order chi connectivity index (χ0) is 19.6. The van der Waals surface area contributed by atoms with Gasteiger partial charge in [-0.1, -0.05) is 79.7 Å². The van der Waals surface area contributed by atoms with E-state index < -0.39 is 0 Å². The third kappa shape index (κ3) is 3.55. The molecule has 1 heterocycles. The second-order valence-corrected chi connectivity index (χ2v) is 7.41. The number of aromatic nitrogens is 2. The van der Waals surface area contributed by atoms with Crippen LogP contribution < -0.4 is 0 Å². The SMILES string of the molecule is C.N=C1CC2=C(C=CCC2)c2ccc3ccccc3c21.c1ccc2nnccc2c1. The highest BCUT2D eigenvalue weighted by Crippen LogP contribution is 2.39. The molecular formula is C27H25N3. The fraction of sp³-hybridized carbons (Fsp3) is 0.148. The quantitative estimate of drug-likeness (QED) is 0.351. The minimum Gasteiger partial charge on any atom is -0.304 e. The first kappa shape index (κ1) is 19.7. The van der Waals surface area contributed by atoms with Crippen molar-refractivity contribution in [1.82, 2.24) is 10.2 Å². The first-order chi connectivity index (χ1) is 14.3. The highest BCUT2D eigenvalue weighted by Gasteiger charge is 2.23. The molecule has 0 saturated heterocycles. The molecule has 2 aliphatic rings. The van der Waals surface area contributed by atoms with Crippen molar-refractivity contribution in [3.05, 3.63) is 102 Å². The van der Waals surface area contributed by atoms with Gasteiger partial charge in [-0.3, -0.25) is 0 Å². The average Bonchev–Trinajstić information content (AvgIpc) is 2.79. The van der Waals surface area contributed by atoms with Gasteiger partial charge in [0.1, 0.15) is 0 Å². The van der Waals surface area contributed by atoms with Gasteiger partial charge in [-0.05, 0) is 46.9 Å². The van der Waals surface area contributed by atoms with Crippen molar-refractivity contribution >= 4 is 33.0 Å². The van der Waals surface area contributed by atoms with E-state index in [9.17, 15) is 0 Å². The number of benzene rings is 3. The van der Waals surface area contributed by atoms with E-state index >= 15 is 0 Å². The molecular weight excluding hydrogens is 366 g/mol. The molecule has 0 amide bonds. The maximum atomic E-state index is 8.42. The summed E-state index contributed by atoms with van der Waals surface area (Å²) >= 11 is 0. The predicted octanol–water partition coefficient (Wildman–Crippen LogP) is 6.98. The van der Waals surface area contributed by atoms with Crippen molar-refractivity contribution in [2.24, 2.45) is 0 Å². The molecule has 3 aromatic carbocycles. The van der Waals surface area contributed by atoms with Crippen LogP contribution in [-0.4, -0.2) is 15.9 Å². The molecule has 0 spiro atoms. The van der Waals surface area contributed by atoms with E-state index in [2.05, 4.69) is 58.7 Å². The van der Waals surface area contributed by atoms with Crippen LogP contribution in [0.4, 0.5) is 0 Å². The molecule has 1 aromatic heterocycles. The second-order valence-electron chi connectivity index (χ2n) is 7.41. The molecule has 0 saturated carbocycles. The lowest BCUT2D eigenvalue weighted by Crippen LogP contribution is -2.13. The lowest BCUT2D eigenvalue weighted by Gasteiger charge is -2.26. The topological polar surface area (TPSA) is 49.6 Å². The van der Waals surface area contributed by atoms with Gasteiger partial charge in [-0.15, -0.1) is 0 Å². The summed E-state index contributed by atoms with van der Waals surface area (Å²) < 4.78 is 0. The first-order valence-corrected chi connectivity index (χ1v) is 9.96. The van der Waals surface area contributed by atoms with Gasteiger partial charge in [-0.25, -0.2) is 0 Å². The molecule has 3 nitrogen and oxygen atoms in total. The molecule has 1 N–H and O–H groups in total. The Morgan fingerprint density at radius 2 is 1.63 bits per heavy atom.